The summed E-state index contributed by atoms with van der Waals surface area (Å²) in [5.74, 6) is -0.000983. The molecule has 0 aliphatic carbocycles. The van der Waals surface area contributed by atoms with E-state index in [-0.39, 0.29) is 11.7 Å². The average Bonchev–Trinajstić information content (AvgIpc) is 2.62. The first kappa shape index (κ1) is 18.1. The molecule has 1 fully saturated rings. The van der Waals surface area contributed by atoms with Gasteiger partial charge in [-0.05, 0) is 55.8 Å². The molecule has 2 aromatic carbocycles. The van der Waals surface area contributed by atoms with Crippen LogP contribution in [0.4, 0.5) is 11.4 Å². The van der Waals surface area contributed by atoms with Crippen molar-refractivity contribution in [3.05, 3.63) is 59.7 Å². The fraction of sp³-hybridized carbons (Fsp3) is 0.333. The molecule has 2 aromatic rings. The van der Waals surface area contributed by atoms with Crippen molar-refractivity contribution in [2.75, 3.05) is 42.9 Å². The summed E-state index contributed by atoms with van der Waals surface area (Å²) in [4.78, 5) is 28.1. The summed E-state index contributed by atoms with van der Waals surface area (Å²) in [6, 6.07) is 15.5. The molecule has 136 valence electrons. The SMILES string of the molecule is CC(=O)c1ccc(NC(=O)CN2CCN(c3cccc(C)c3)CC2)cc1. The normalized spacial score (nSPS) is 14.9. The third-order valence-electron chi connectivity index (χ3n) is 4.68. The molecule has 1 heterocycles. The number of amides is 1. The highest BCUT2D eigenvalue weighted by atomic mass is 16.2. The zero-order valence-corrected chi connectivity index (χ0v) is 15.4. The van der Waals surface area contributed by atoms with Gasteiger partial charge in [0.05, 0.1) is 6.54 Å². The first-order valence-corrected chi connectivity index (χ1v) is 8.96. The zero-order valence-electron chi connectivity index (χ0n) is 15.4. The molecule has 5 nitrogen and oxygen atoms in total. The quantitative estimate of drug-likeness (QED) is 0.842. The Kier molecular flexibility index (Phi) is 5.68. The van der Waals surface area contributed by atoms with E-state index in [1.165, 1.54) is 18.2 Å². The smallest absolute Gasteiger partial charge is 0.238 e. The number of anilines is 2. The molecular weight excluding hydrogens is 326 g/mol. The summed E-state index contributed by atoms with van der Waals surface area (Å²) >= 11 is 0. The molecule has 1 saturated heterocycles. The number of carbonyl (C=O) groups excluding carboxylic acids is 2. The lowest BCUT2D eigenvalue weighted by Gasteiger charge is -2.35. The minimum atomic E-state index is -0.0235. The van der Waals surface area contributed by atoms with Gasteiger partial charge < -0.3 is 10.2 Å². The molecule has 1 N–H and O–H groups in total. The molecule has 26 heavy (non-hydrogen) atoms. The second-order valence-corrected chi connectivity index (χ2v) is 6.78. The predicted octanol–water partition coefficient (Wildman–Crippen LogP) is 2.96. The molecular formula is C21H25N3O2. The Morgan fingerprint density at radius 3 is 2.31 bits per heavy atom. The van der Waals surface area contributed by atoms with Gasteiger partial charge in [0, 0.05) is 43.1 Å². The average molecular weight is 351 g/mol. The molecule has 0 radical (unpaired) electrons. The fourth-order valence-electron chi connectivity index (χ4n) is 3.18. The maximum atomic E-state index is 12.3. The van der Waals surface area contributed by atoms with Gasteiger partial charge in [-0.25, -0.2) is 0 Å². The Morgan fingerprint density at radius 1 is 1.00 bits per heavy atom. The van der Waals surface area contributed by atoms with Crippen LogP contribution in [0.3, 0.4) is 0 Å². The zero-order chi connectivity index (χ0) is 18.5. The molecule has 1 aliphatic heterocycles. The molecule has 1 amide bonds. The maximum absolute atomic E-state index is 12.3. The molecule has 0 aromatic heterocycles. The van der Waals surface area contributed by atoms with Crippen LogP contribution in [0.25, 0.3) is 0 Å². The minimum absolute atomic E-state index is 0.0226. The van der Waals surface area contributed by atoms with Crippen molar-refractivity contribution in [2.45, 2.75) is 13.8 Å². The molecule has 5 heteroatoms. The van der Waals surface area contributed by atoms with Crippen molar-refractivity contribution in [1.29, 1.82) is 0 Å². The van der Waals surface area contributed by atoms with Gasteiger partial charge in [-0.1, -0.05) is 12.1 Å². The Bertz CT molecular complexity index is 778. The van der Waals surface area contributed by atoms with Crippen LogP contribution in [-0.2, 0) is 4.79 Å². The fourth-order valence-corrected chi connectivity index (χ4v) is 3.18. The first-order chi connectivity index (χ1) is 12.5. The van der Waals surface area contributed by atoms with E-state index in [4.69, 9.17) is 0 Å². The Hall–Kier alpha value is -2.66. The Labute approximate surface area is 154 Å². The minimum Gasteiger partial charge on any atom is -0.369 e. The van der Waals surface area contributed by atoms with E-state index in [2.05, 4.69) is 46.3 Å². The molecule has 1 aliphatic rings. The molecule has 3 rings (SSSR count). The Morgan fingerprint density at radius 2 is 1.69 bits per heavy atom. The summed E-state index contributed by atoms with van der Waals surface area (Å²) < 4.78 is 0. The van der Waals surface area contributed by atoms with Gasteiger partial charge in [0.15, 0.2) is 5.78 Å². The Balaban J connectivity index is 1.48. The number of carbonyl (C=O) groups is 2. The van der Waals surface area contributed by atoms with Gasteiger partial charge in [-0.15, -0.1) is 0 Å². The van der Waals surface area contributed by atoms with Crippen LogP contribution in [0.1, 0.15) is 22.8 Å². The van der Waals surface area contributed by atoms with Crippen molar-refractivity contribution < 1.29 is 9.59 Å². The van der Waals surface area contributed by atoms with Crippen LogP contribution in [0.5, 0.6) is 0 Å². The van der Waals surface area contributed by atoms with Gasteiger partial charge in [-0.3, -0.25) is 14.5 Å². The van der Waals surface area contributed by atoms with Gasteiger partial charge in [-0.2, -0.15) is 0 Å². The predicted molar refractivity (Wildman–Crippen MR) is 105 cm³/mol. The van der Waals surface area contributed by atoms with Crippen LogP contribution in [-0.4, -0.2) is 49.3 Å². The number of aryl methyl sites for hydroxylation is 1. The summed E-state index contributed by atoms with van der Waals surface area (Å²) in [5, 5.41) is 2.90. The van der Waals surface area contributed by atoms with Gasteiger partial charge in [0.25, 0.3) is 0 Å². The third kappa shape index (κ3) is 4.70. The number of ketones is 1. The topological polar surface area (TPSA) is 52.7 Å². The van der Waals surface area contributed by atoms with Crippen molar-refractivity contribution >= 4 is 23.1 Å². The highest BCUT2D eigenvalue weighted by Gasteiger charge is 2.19. The molecule has 0 unspecified atom stereocenters. The summed E-state index contributed by atoms with van der Waals surface area (Å²) in [6.45, 7) is 7.59. The van der Waals surface area contributed by atoms with Gasteiger partial charge in [0.1, 0.15) is 0 Å². The number of nitrogens with zero attached hydrogens (tertiary/aromatic N) is 2. The lowest BCUT2D eigenvalue weighted by atomic mass is 10.1. The first-order valence-electron chi connectivity index (χ1n) is 8.96. The van der Waals surface area contributed by atoms with E-state index >= 15 is 0 Å². The standard InChI is InChI=1S/C21H25N3O2/c1-16-4-3-5-20(14-16)24-12-10-23(11-13-24)15-21(26)22-19-8-6-18(7-9-19)17(2)25/h3-9,14H,10-13,15H2,1-2H3,(H,22,26). The van der Waals surface area contributed by atoms with Crippen molar-refractivity contribution in [3.8, 4) is 0 Å². The second kappa shape index (κ2) is 8.15. The monoisotopic (exact) mass is 351 g/mol. The highest BCUT2D eigenvalue weighted by molar-refractivity contribution is 5.96. The van der Waals surface area contributed by atoms with E-state index in [1.807, 2.05) is 0 Å². The number of hydrogen-bond acceptors (Lipinski definition) is 4. The summed E-state index contributed by atoms with van der Waals surface area (Å²) in [5.41, 5.74) is 3.88. The molecule has 0 spiro atoms. The van der Waals surface area contributed by atoms with Crippen LogP contribution in [0.2, 0.25) is 0 Å². The maximum Gasteiger partial charge on any atom is 0.238 e. The number of benzene rings is 2. The van der Waals surface area contributed by atoms with Crippen LogP contribution in [0, 0.1) is 6.92 Å². The number of piperazine rings is 1. The van der Waals surface area contributed by atoms with E-state index < -0.39 is 0 Å². The van der Waals surface area contributed by atoms with Crippen LogP contribution in [0.15, 0.2) is 48.5 Å². The van der Waals surface area contributed by atoms with E-state index in [9.17, 15) is 9.59 Å². The summed E-state index contributed by atoms with van der Waals surface area (Å²) in [7, 11) is 0. The highest BCUT2D eigenvalue weighted by Crippen LogP contribution is 2.18. The lowest BCUT2D eigenvalue weighted by Crippen LogP contribution is -2.48. The van der Waals surface area contributed by atoms with Crippen LogP contribution >= 0.6 is 0 Å². The number of rotatable bonds is 5. The summed E-state index contributed by atoms with van der Waals surface area (Å²) in [6.07, 6.45) is 0. The largest absolute Gasteiger partial charge is 0.369 e. The lowest BCUT2D eigenvalue weighted by molar-refractivity contribution is -0.117. The number of nitrogens with one attached hydrogen (secondary N) is 1. The number of Topliss-reactive ketones (excluding diaryl/α,β-unsaturated/α-hetero) is 1. The number of hydrogen-bond donors (Lipinski definition) is 1. The third-order valence-corrected chi connectivity index (χ3v) is 4.68. The van der Waals surface area contributed by atoms with Crippen LogP contribution < -0.4 is 10.2 Å². The van der Waals surface area contributed by atoms with Crippen molar-refractivity contribution in [1.82, 2.24) is 4.90 Å². The van der Waals surface area contributed by atoms with Crippen molar-refractivity contribution in [2.24, 2.45) is 0 Å². The van der Waals surface area contributed by atoms with E-state index in [0.717, 1.165) is 31.9 Å². The van der Waals surface area contributed by atoms with Crippen molar-refractivity contribution in [3.63, 3.8) is 0 Å². The van der Waals surface area contributed by atoms with E-state index in [1.54, 1.807) is 24.3 Å². The second-order valence-electron chi connectivity index (χ2n) is 6.78. The van der Waals surface area contributed by atoms with E-state index in [0.29, 0.717) is 12.1 Å². The van der Waals surface area contributed by atoms with Gasteiger partial charge >= 0.3 is 0 Å². The molecule has 0 saturated carbocycles. The molecule has 0 bridgehead atoms. The van der Waals surface area contributed by atoms with Gasteiger partial charge in [0.2, 0.25) is 5.91 Å². The molecule has 0 atom stereocenters.